The van der Waals surface area contributed by atoms with Crippen LogP contribution in [0.1, 0.15) is 11.7 Å². The molecule has 1 aromatic carbocycles. The molecule has 0 amide bonds. The lowest BCUT2D eigenvalue weighted by Gasteiger charge is -2.13. The Balaban J connectivity index is 2.80. The van der Waals surface area contributed by atoms with Gasteiger partial charge in [-0.3, -0.25) is 0 Å². The molecule has 0 saturated heterocycles. The van der Waals surface area contributed by atoms with E-state index in [1.54, 1.807) is 0 Å². The van der Waals surface area contributed by atoms with E-state index in [1.807, 2.05) is 0 Å². The molecule has 0 radical (unpaired) electrons. The van der Waals surface area contributed by atoms with E-state index in [9.17, 15) is 14.3 Å². The monoisotopic (exact) mass is 232 g/mol. The normalized spacial score (nSPS) is 14.4. The van der Waals surface area contributed by atoms with Gasteiger partial charge in [-0.15, -0.1) is 0 Å². The van der Waals surface area contributed by atoms with Gasteiger partial charge >= 0.3 is 5.97 Å². The second-order valence-corrected chi connectivity index (χ2v) is 3.36. The third kappa shape index (κ3) is 2.91. The summed E-state index contributed by atoms with van der Waals surface area (Å²) in [5.41, 5.74) is 0.275. The average Bonchev–Trinajstić information content (AvgIpc) is 2.27. The summed E-state index contributed by atoms with van der Waals surface area (Å²) in [5.74, 6) is -1.10. The van der Waals surface area contributed by atoms with Gasteiger partial charge in [-0.1, -0.05) is 23.7 Å². The van der Waals surface area contributed by atoms with Crippen LogP contribution >= 0.6 is 11.6 Å². The van der Waals surface area contributed by atoms with Crippen LogP contribution in [-0.2, 0) is 9.53 Å². The van der Waals surface area contributed by atoms with E-state index >= 15 is 0 Å². The third-order valence-electron chi connectivity index (χ3n) is 1.92. The summed E-state index contributed by atoms with van der Waals surface area (Å²) in [4.78, 5) is 10.8. The fourth-order valence-corrected chi connectivity index (χ4v) is 1.20. The molecule has 2 unspecified atom stereocenters. The highest BCUT2D eigenvalue weighted by atomic mass is 35.5. The molecular formula is C10H10ClFO3. The number of carbonyl (C=O) groups excluding carboxylic acids is 1. The molecule has 82 valence electrons. The van der Waals surface area contributed by atoms with Gasteiger partial charge in [0.15, 0.2) is 0 Å². The molecule has 3 nitrogen and oxygen atoms in total. The molecule has 5 heteroatoms. The molecule has 1 aromatic rings. The van der Waals surface area contributed by atoms with E-state index in [4.69, 9.17) is 11.6 Å². The molecule has 0 aromatic heterocycles. The van der Waals surface area contributed by atoms with Gasteiger partial charge in [0.05, 0.1) is 7.11 Å². The highest BCUT2D eigenvalue weighted by Gasteiger charge is 2.28. The minimum absolute atomic E-state index is 0.275. The number of rotatable bonds is 3. The first kappa shape index (κ1) is 11.9. The largest absolute Gasteiger partial charge is 0.467 e. The first-order valence-corrected chi connectivity index (χ1v) is 4.59. The van der Waals surface area contributed by atoms with Crippen LogP contribution < -0.4 is 0 Å². The van der Waals surface area contributed by atoms with Crippen molar-refractivity contribution in [1.29, 1.82) is 0 Å². The SMILES string of the molecule is COC(=O)C(F)C(O)c1ccc(Cl)cc1. The standard InChI is InChI=1S/C10H10ClFO3/c1-15-10(14)8(12)9(13)6-2-4-7(11)5-3-6/h2-5,8-9,13H,1H3. The summed E-state index contributed by atoms with van der Waals surface area (Å²) < 4.78 is 17.4. The van der Waals surface area contributed by atoms with Gasteiger partial charge in [0.25, 0.3) is 0 Å². The molecule has 1 N–H and O–H groups in total. The van der Waals surface area contributed by atoms with Crippen molar-refractivity contribution in [3.63, 3.8) is 0 Å². The summed E-state index contributed by atoms with van der Waals surface area (Å²) in [6, 6.07) is 5.90. The number of aliphatic hydroxyl groups excluding tert-OH is 1. The lowest BCUT2D eigenvalue weighted by atomic mass is 10.1. The Hall–Kier alpha value is -1.13. The van der Waals surface area contributed by atoms with Crippen LogP contribution in [0.15, 0.2) is 24.3 Å². The van der Waals surface area contributed by atoms with Crippen molar-refractivity contribution < 1.29 is 19.0 Å². The molecule has 1 rings (SSSR count). The van der Waals surface area contributed by atoms with Crippen molar-refractivity contribution in [2.24, 2.45) is 0 Å². The molecule has 0 bridgehead atoms. The molecule has 15 heavy (non-hydrogen) atoms. The zero-order chi connectivity index (χ0) is 11.4. The Bertz CT molecular complexity index is 339. The van der Waals surface area contributed by atoms with Gasteiger partial charge in [0.2, 0.25) is 6.17 Å². The number of hydrogen-bond acceptors (Lipinski definition) is 3. The van der Waals surface area contributed by atoms with Crippen LogP contribution in [0.25, 0.3) is 0 Å². The minimum atomic E-state index is -2.09. The van der Waals surface area contributed by atoms with E-state index in [0.717, 1.165) is 7.11 Å². The number of esters is 1. The lowest BCUT2D eigenvalue weighted by molar-refractivity contribution is -0.151. The van der Waals surface area contributed by atoms with Crippen molar-refractivity contribution >= 4 is 17.6 Å². The number of ether oxygens (including phenoxy) is 1. The maximum atomic E-state index is 13.2. The predicted octanol–water partition coefficient (Wildman–Crippen LogP) is 1.88. The van der Waals surface area contributed by atoms with E-state index in [1.165, 1.54) is 24.3 Å². The number of benzene rings is 1. The summed E-state index contributed by atoms with van der Waals surface area (Å²) in [6.45, 7) is 0. The maximum absolute atomic E-state index is 13.2. The van der Waals surface area contributed by atoms with Crippen molar-refractivity contribution in [2.45, 2.75) is 12.3 Å². The van der Waals surface area contributed by atoms with Crippen LogP contribution in [0.4, 0.5) is 4.39 Å². The van der Waals surface area contributed by atoms with Crippen molar-refractivity contribution in [3.05, 3.63) is 34.9 Å². The van der Waals surface area contributed by atoms with Crippen molar-refractivity contribution in [1.82, 2.24) is 0 Å². The lowest BCUT2D eigenvalue weighted by Crippen LogP contribution is -2.24. The topological polar surface area (TPSA) is 46.5 Å². The van der Waals surface area contributed by atoms with E-state index in [2.05, 4.69) is 4.74 Å². The van der Waals surface area contributed by atoms with Gasteiger partial charge < -0.3 is 9.84 Å². The molecule has 0 heterocycles. The number of alkyl halides is 1. The predicted molar refractivity (Wildman–Crippen MR) is 53.3 cm³/mol. The van der Waals surface area contributed by atoms with Crippen molar-refractivity contribution in [3.8, 4) is 0 Å². The van der Waals surface area contributed by atoms with Gasteiger partial charge in [0.1, 0.15) is 6.10 Å². The van der Waals surface area contributed by atoms with Gasteiger partial charge in [0, 0.05) is 5.02 Å². The first-order chi connectivity index (χ1) is 7.06. The Morgan fingerprint density at radius 3 is 2.47 bits per heavy atom. The highest BCUT2D eigenvalue weighted by molar-refractivity contribution is 6.30. The molecule has 0 aliphatic carbocycles. The zero-order valence-corrected chi connectivity index (χ0v) is 8.74. The maximum Gasteiger partial charge on any atom is 0.343 e. The Kier molecular flexibility index (Phi) is 4.05. The molecule has 0 aliphatic heterocycles. The Morgan fingerprint density at radius 1 is 1.47 bits per heavy atom. The number of methoxy groups -OCH3 is 1. The van der Waals surface area contributed by atoms with E-state index in [0.29, 0.717) is 5.02 Å². The van der Waals surface area contributed by atoms with Gasteiger partial charge in [-0.2, -0.15) is 0 Å². The van der Waals surface area contributed by atoms with Crippen LogP contribution in [0.3, 0.4) is 0 Å². The third-order valence-corrected chi connectivity index (χ3v) is 2.17. The quantitative estimate of drug-likeness (QED) is 0.810. The van der Waals surface area contributed by atoms with Gasteiger partial charge in [-0.25, -0.2) is 9.18 Å². The van der Waals surface area contributed by atoms with Crippen LogP contribution in [0.2, 0.25) is 5.02 Å². The molecular weight excluding hydrogens is 223 g/mol. The Morgan fingerprint density at radius 2 is 2.00 bits per heavy atom. The van der Waals surface area contributed by atoms with E-state index < -0.39 is 18.2 Å². The second-order valence-electron chi connectivity index (χ2n) is 2.92. The first-order valence-electron chi connectivity index (χ1n) is 4.21. The fourth-order valence-electron chi connectivity index (χ4n) is 1.07. The summed E-state index contributed by atoms with van der Waals surface area (Å²) in [7, 11) is 1.06. The number of carbonyl (C=O) groups is 1. The molecule has 0 saturated carbocycles. The smallest absolute Gasteiger partial charge is 0.343 e. The van der Waals surface area contributed by atoms with Gasteiger partial charge in [-0.05, 0) is 17.7 Å². The fraction of sp³-hybridized carbons (Fsp3) is 0.300. The molecule has 0 aliphatic rings. The number of aliphatic hydroxyl groups is 1. The van der Waals surface area contributed by atoms with Crippen LogP contribution in [-0.4, -0.2) is 24.4 Å². The van der Waals surface area contributed by atoms with Crippen LogP contribution in [0, 0.1) is 0 Å². The summed E-state index contributed by atoms with van der Waals surface area (Å²) in [6.07, 6.45) is -3.62. The van der Waals surface area contributed by atoms with E-state index in [-0.39, 0.29) is 5.56 Å². The average molecular weight is 233 g/mol. The Labute approximate surface area is 91.4 Å². The summed E-state index contributed by atoms with van der Waals surface area (Å²) >= 11 is 5.62. The number of halogens is 2. The molecule has 2 atom stereocenters. The molecule has 0 fully saturated rings. The van der Waals surface area contributed by atoms with Crippen LogP contribution in [0.5, 0.6) is 0 Å². The van der Waals surface area contributed by atoms with Crippen molar-refractivity contribution in [2.75, 3.05) is 7.11 Å². The second kappa shape index (κ2) is 5.09. The number of hydrogen-bond donors (Lipinski definition) is 1. The summed E-state index contributed by atoms with van der Waals surface area (Å²) in [5, 5.41) is 9.93. The molecule has 0 spiro atoms. The minimum Gasteiger partial charge on any atom is -0.467 e. The zero-order valence-electron chi connectivity index (χ0n) is 7.98. The highest BCUT2D eigenvalue weighted by Crippen LogP contribution is 2.21.